The third-order valence-electron chi connectivity index (χ3n) is 4.60. The van der Waals surface area contributed by atoms with E-state index in [4.69, 9.17) is 0 Å². The Balaban J connectivity index is 1.51. The van der Waals surface area contributed by atoms with E-state index in [1.165, 1.54) is 31.7 Å². The summed E-state index contributed by atoms with van der Waals surface area (Å²) in [6.07, 6.45) is 5.00. The zero-order chi connectivity index (χ0) is 14.8. The number of nitrogens with one attached hydrogen (secondary N) is 1. The Kier molecular flexibility index (Phi) is 4.24. The standard InChI is InChI=1S/C17H23FN2O/c1-12(13-6-7-13)20(15-8-9-15)11-17(21)19-10-14-4-2-3-5-16(14)18/h2-5,12-13,15H,6-11H2,1H3,(H,19,21)/t12-/m1/s1. The second kappa shape index (κ2) is 6.14. The van der Waals surface area contributed by atoms with Crippen LogP contribution in [0.5, 0.6) is 0 Å². The van der Waals surface area contributed by atoms with Crippen molar-refractivity contribution in [3.63, 3.8) is 0 Å². The molecule has 3 rings (SSSR count). The van der Waals surface area contributed by atoms with Crippen molar-refractivity contribution in [1.82, 2.24) is 10.2 Å². The van der Waals surface area contributed by atoms with E-state index in [0.29, 0.717) is 24.2 Å². The fourth-order valence-corrected chi connectivity index (χ4v) is 2.92. The normalized spacial score (nSPS) is 19.6. The van der Waals surface area contributed by atoms with Crippen LogP contribution < -0.4 is 5.32 Å². The van der Waals surface area contributed by atoms with Crippen molar-refractivity contribution >= 4 is 5.91 Å². The number of carbonyl (C=O) groups is 1. The van der Waals surface area contributed by atoms with Gasteiger partial charge in [-0.15, -0.1) is 0 Å². The monoisotopic (exact) mass is 290 g/mol. The first-order valence-electron chi connectivity index (χ1n) is 7.91. The summed E-state index contributed by atoms with van der Waals surface area (Å²) < 4.78 is 13.5. The zero-order valence-corrected chi connectivity index (χ0v) is 12.5. The predicted molar refractivity (Wildman–Crippen MR) is 80.2 cm³/mol. The Hall–Kier alpha value is -1.42. The number of rotatable bonds is 7. The average Bonchev–Trinajstić information content (AvgIpc) is 3.35. The van der Waals surface area contributed by atoms with Gasteiger partial charge < -0.3 is 5.32 Å². The molecule has 3 nitrogen and oxygen atoms in total. The van der Waals surface area contributed by atoms with Gasteiger partial charge in [0.2, 0.25) is 5.91 Å². The van der Waals surface area contributed by atoms with E-state index in [1.807, 2.05) is 0 Å². The fraction of sp³-hybridized carbons (Fsp3) is 0.588. The highest BCUT2D eigenvalue weighted by Crippen LogP contribution is 2.39. The molecule has 2 aliphatic rings. The van der Waals surface area contributed by atoms with E-state index < -0.39 is 0 Å². The molecule has 0 heterocycles. The summed E-state index contributed by atoms with van der Waals surface area (Å²) in [5.41, 5.74) is 0.541. The van der Waals surface area contributed by atoms with Crippen molar-refractivity contribution in [2.24, 2.45) is 5.92 Å². The van der Waals surface area contributed by atoms with Gasteiger partial charge in [0.15, 0.2) is 0 Å². The molecular weight excluding hydrogens is 267 g/mol. The van der Waals surface area contributed by atoms with Crippen LogP contribution in [0.25, 0.3) is 0 Å². The van der Waals surface area contributed by atoms with Crippen molar-refractivity contribution in [2.45, 2.75) is 51.2 Å². The van der Waals surface area contributed by atoms with Crippen LogP contribution in [0.2, 0.25) is 0 Å². The quantitative estimate of drug-likeness (QED) is 0.837. The summed E-state index contributed by atoms with van der Waals surface area (Å²) in [4.78, 5) is 14.5. The van der Waals surface area contributed by atoms with Crippen LogP contribution in [-0.4, -0.2) is 29.4 Å². The molecule has 0 aromatic heterocycles. The summed E-state index contributed by atoms with van der Waals surface area (Å²) in [5, 5.41) is 2.85. The molecule has 2 saturated carbocycles. The highest BCUT2D eigenvalue weighted by Gasteiger charge is 2.39. The van der Waals surface area contributed by atoms with Gasteiger partial charge in [-0.05, 0) is 44.6 Å². The molecule has 0 radical (unpaired) electrons. The molecule has 0 saturated heterocycles. The molecule has 21 heavy (non-hydrogen) atoms. The molecule has 1 amide bonds. The van der Waals surface area contributed by atoms with Crippen LogP contribution >= 0.6 is 0 Å². The molecule has 0 spiro atoms. The first-order chi connectivity index (χ1) is 10.1. The number of hydrogen-bond acceptors (Lipinski definition) is 2. The van der Waals surface area contributed by atoms with Crippen molar-refractivity contribution in [1.29, 1.82) is 0 Å². The fourth-order valence-electron chi connectivity index (χ4n) is 2.92. The first-order valence-corrected chi connectivity index (χ1v) is 7.91. The van der Waals surface area contributed by atoms with Crippen LogP contribution in [0.3, 0.4) is 0 Å². The van der Waals surface area contributed by atoms with Gasteiger partial charge >= 0.3 is 0 Å². The second-order valence-electron chi connectivity index (χ2n) is 6.35. The van der Waals surface area contributed by atoms with Crippen LogP contribution in [0, 0.1) is 11.7 Å². The van der Waals surface area contributed by atoms with E-state index in [1.54, 1.807) is 18.2 Å². The smallest absolute Gasteiger partial charge is 0.234 e. The topological polar surface area (TPSA) is 32.3 Å². The molecule has 2 aliphatic carbocycles. The number of halogens is 1. The van der Waals surface area contributed by atoms with Crippen LogP contribution in [0.15, 0.2) is 24.3 Å². The minimum atomic E-state index is -0.261. The van der Waals surface area contributed by atoms with E-state index in [2.05, 4.69) is 17.1 Å². The number of hydrogen-bond donors (Lipinski definition) is 1. The lowest BCUT2D eigenvalue weighted by molar-refractivity contribution is -0.123. The molecule has 0 bridgehead atoms. The van der Waals surface area contributed by atoms with Gasteiger partial charge in [-0.3, -0.25) is 9.69 Å². The minimum Gasteiger partial charge on any atom is -0.351 e. The minimum absolute atomic E-state index is 0.00217. The van der Waals surface area contributed by atoms with E-state index in [-0.39, 0.29) is 18.3 Å². The van der Waals surface area contributed by atoms with E-state index in [0.717, 1.165) is 5.92 Å². The maximum atomic E-state index is 13.5. The van der Waals surface area contributed by atoms with E-state index >= 15 is 0 Å². The summed E-state index contributed by atoms with van der Waals surface area (Å²) in [5.74, 6) is 0.505. The lowest BCUT2D eigenvalue weighted by atomic mass is 10.1. The Morgan fingerprint density at radius 3 is 2.67 bits per heavy atom. The maximum absolute atomic E-state index is 13.5. The van der Waals surface area contributed by atoms with Crippen LogP contribution in [-0.2, 0) is 11.3 Å². The number of amides is 1. The summed E-state index contributed by atoms with van der Waals surface area (Å²) >= 11 is 0. The van der Waals surface area contributed by atoms with Gasteiger partial charge in [-0.1, -0.05) is 18.2 Å². The Morgan fingerprint density at radius 1 is 1.33 bits per heavy atom. The summed E-state index contributed by atoms with van der Waals surface area (Å²) in [7, 11) is 0. The number of nitrogens with zero attached hydrogens (tertiary/aromatic N) is 1. The SMILES string of the molecule is C[C@H](C1CC1)N(CC(=O)NCc1ccccc1F)C1CC1. The predicted octanol–water partition coefficient (Wildman–Crippen LogP) is 2.70. The second-order valence-corrected chi connectivity index (χ2v) is 6.35. The average molecular weight is 290 g/mol. The van der Waals surface area contributed by atoms with Crippen molar-refractivity contribution in [3.05, 3.63) is 35.6 Å². The largest absolute Gasteiger partial charge is 0.351 e. The van der Waals surface area contributed by atoms with Gasteiger partial charge in [0, 0.05) is 24.2 Å². The molecule has 1 atom stereocenters. The van der Waals surface area contributed by atoms with Gasteiger partial charge in [-0.25, -0.2) is 4.39 Å². The van der Waals surface area contributed by atoms with Crippen LogP contribution in [0.4, 0.5) is 4.39 Å². The highest BCUT2D eigenvalue weighted by molar-refractivity contribution is 5.78. The summed E-state index contributed by atoms with van der Waals surface area (Å²) in [6, 6.07) is 7.66. The molecule has 1 aromatic carbocycles. The van der Waals surface area contributed by atoms with Gasteiger partial charge in [-0.2, -0.15) is 0 Å². The van der Waals surface area contributed by atoms with E-state index in [9.17, 15) is 9.18 Å². The maximum Gasteiger partial charge on any atom is 0.234 e. The molecule has 1 N–H and O–H groups in total. The molecule has 114 valence electrons. The van der Waals surface area contributed by atoms with Gasteiger partial charge in [0.25, 0.3) is 0 Å². The summed E-state index contributed by atoms with van der Waals surface area (Å²) in [6.45, 7) is 2.94. The van der Waals surface area contributed by atoms with Gasteiger partial charge in [0.1, 0.15) is 5.82 Å². The molecule has 0 unspecified atom stereocenters. The van der Waals surface area contributed by atoms with Crippen LogP contribution in [0.1, 0.15) is 38.2 Å². The lowest BCUT2D eigenvalue weighted by Gasteiger charge is -2.28. The van der Waals surface area contributed by atoms with Crippen molar-refractivity contribution < 1.29 is 9.18 Å². The third kappa shape index (κ3) is 3.82. The Morgan fingerprint density at radius 2 is 2.05 bits per heavy atom. The molecule has 0 aliphatic heterocycles. The number of benzene rings is 1. The zero-order valence-electron chi connectivity index (χ0n) is 12.5. The molecule has 4 heteroatoms. The highest BCUT2D eigenvalue weighted by atomic mass is 19.1. The van der Waals surface area contributed by atoms with Gasteiger partial charge in [0.05, 0.1) is 6.54 Å². The Labute approximate surface area is 125 Å². The number of carbonyl (C=O) groups excluding carboxylic acids is 1. The third-order valence-corrected chi connectivity index (χ3v) is 4.60. The van der Waals surface area contributed by atoms with Crippen molar-refractivity contribution in [2.75, 3.05) is 6.54 Å². The molecular formula is C17H23FN2O. The van der Waals surface area contributed by atoms with Crippen molar-refractivity contribution in [3.8, 4) is 0 Å². The molecule has 2 fully saturated rings. The lowest BCUT2D eigenvalue weighted by Crippen LogP contribution is -2.43. The molecule has 1 aromatic rings. The Bertz CT molecular complexity index is 511. The first kappa shape index (κ1) is 14.5.